The lowest BCUT2D eigenvalue weighted by molar-refractivity contribution is 0.0537. The summed E-state index contributed by atoms with van der Waals surface area (Å²) in [4.78, 5) is 2.34. The van der Waals surface area contributed by atoms with Crippen molar-refractivity contribution in [3.63, 3.8) is 0 Å². The number of hydrogen-bond donors (Lipinski definition) is 1. The van der Waals surface area contributed by atoms with E-state index in [1.165, 1.54) is 18.4 Å². The van der Waals surface area contributed by atoms with E-state index in [4.69, 9.17) is 4.74 Å². The Morgan fingerprint density at radius 2 is 2.11 bits per heavy atom. The van der Waals surface area contributed by atoms with Crippen LogP contribution >= 0.6 is 0 Å². The summed E-state index contributed by atoms with van der Waals surface area (Å²) in [6.07, 6.45) is 2.14. The van der Waals surface area contributed by atoms with Crippen LogP contribution in [0.4, 0.5) is 0 Å². The molecule has 0 spiro atoms. The molecule has 0 amide bonds. The van der Waals surface area contributed by atoms with E-state index in [1.54, 1.807) is 0 Å². The Morgan fingerprint density at radius 1 is 1.37 bits per heavy atom. The molecule has 0 aromatic heterocycles. The Hall–Kier alpha value is -1.06. The Morgan fingerprint density at radius 3 is 2.79 bits per heavy atom. The van der Waals surface area contributed by atoms with Crippen molar-refractivity contribution in [3.05, 3.63) is 29.8 Å². The minimum absolute atomic E-state index is 0.369. The van der Waals surface area contributed by atoms with Crippen molar-refractivity contribution in [3.8, 4) is 5.75 Å². The maximum absolute atomic E-state index is 10.0. The average Bonchev–Trinajstić information content (AvgIpc) is 2.38. The van der Waals surface area contributed by atoms with Gasteiger partial charge < -0.3 is 14.7 Å². The predicted octanol–water partition coefficient (Wildman–Crippen LogP) is 2.47. The highest BCUT2D eigenvalue weighted by atomic mass is 16.5. The Labute approximate surface area is 116 Å². The molecule has 0 aliphatic carbocycles. The Kier molecular flexibility index (Phi) is 5.23. The third kappa shape index (κ3) is 4.84. The quantitative estimate of drug-likeness (QED) is 0.886. The molecule has 106 valence electrons. The summed E-state index contributed by atoms with van der Waals surface area (Å²) in [5.41, 5.74) is 1.22. The molecule has 1 aliphatic rings. The standard InChI is InChI=1S/C16H25NO2/c1-13-5-7-16(8-6-13)19-12-15(18)11-17-9-3-4-14(2)10-17/h5-8,14-15,18H,3-4,9-12H2,1-2H3/t14-,15+/m1/s1. The summed E-state index contributed by atoms with van der Waals surface area (Å²) in [7, 11) is 0. The van der Waals surface area contributed by atoms with Crippen LogP contribution in [0.2, 0.25) is 0 Å². The molecule has 1 aromatic rings. The lowest BCUT2D eigenvalue weighted by atomic mass is 10.0. The summed E-state index contributed by atoms with van der Waals surface area (Å²) in [6, 6.07) is 7.94. The molecule has 1 N–H and O–H groups in total. The summed E-state index contributed by atoms with van der Waals surface area (Å²) < 4.78 is 5.61. The van der Waals surface area contributed by atoms with E-state index in [9.17, 15) is 5.11 Å². The molecule has 0 radical (unpaired) electrons. The second-order valence-electron chi connectivity index (χ2n) is 5.78. The first kappa shape index (κ1) is 14.4. The number of ether oxygens (including phenoxy) is 1. The van der Waals surface area contributed by atoms with Gasteiger partial charge in [-0.2, -0.15) is 0 Å². The Bertz CT molecular complexity index is 377. The van der Waals surface area contributed by atoms with Crippen molar-refractivity contribution in [2.24, 2.45) is 5.92 Å². The van der Waals surface area contributed by atoms with Gasteiger partial charge in [0.1, 0.15) is 18.5 Å². The van der Waals surface area contributed by atoms with Gasteiger partial charge in [-0.15, -0.1) is 0 Å². The maximum atomic E-state index is 10.0. The smallest absolute Gasteiger partial charge is 0.119 e. The molecular weight excluding hydrogens is 238 g/mol. The van der Waals surface area contributed by atoms with Gasteiger partial charge in [0.2, 0.25) is 0 Å². The molecule has 1 fully saturated rings. The molecule has 3 heteroatoms. The zero-order chi connectivity index (χ0) is 13.7. The highest BCUT2D eigenvalue weighted by molar-refractivity contribution is 5.26. The highest BCUT2D eigenvalue weighted by Gasteiger charge is 2.19. The van der Waals surface area contributed by atoms with E-state index >= 15 is 0 Å². The van der Waals surface area contributed by atoms with Gasteiger partial charge >= 0.3 is 0 Å². The number of aryl methyl sites for hydroxylation is 1. The first-order valence-electron chi connectivity index (χ1n) is 7.23. The van der Waals surface area contributed by atoms with Gasteiger partial charge in [-0.1, -0.05) is 24.6 Å². The molecule has 1 aromatic carbocycles. The van der Waals surface area contributed by atoms with Gasteiger partial charge in [-0.05, 0) is 44.4 Å². The number of nitrogens with zero attached hydrogens (tertiary/aromatic N) is 1. The van der Waals surface area contributed by atoms with Crippen LogP contribution < -0.4 is 4.74 Å². The number of hydrogen-bond acceptors (Lipinski definition) is 3. The van der Waals surface area contributed by atoms with Gasteiger partial charge in [-0.3, -0.25) is 0 Å². The average molecular weight is 263 g/mol. The molecule has 1 saturated heterocycles. The topological polar surface area (TPSA) is 32.7 Å². The second kappa shape index (κ2) is 6.92. The van der Waals surface area contributed by atoms with Crippen LogP contribution in [0.15, 0.2) is 24.3 Å². The molecule has 3 nitrogen and oxygen atoms in total. The van der Waals surface area contributed by atoms with Gasteiger partial charge in [0, 0.05) is 13.1 Å². The van der Waals surface area contributed by atoms with Gasteiger partial charge in [-0.25, -0.2) is 0 Å². The largest absolute Gasteiger partial charge is 0.491 e. The summed E-state index contributed by atoms with van der Waals surface area (Å²) in [6.45, 7) is 7.62. The van der Waals surface area contributed by atoms with Crippen molar-refractivity contribution in [2.75, 3.05) is 26.2 Å². The van der Waals surface area contributed by atoms with Crippen LogP contribution in [-0.4, -0.2) is 42.4 Å². The maximum Gasteiger partial charge on any atom is 0.119 e. The fourth-order valence-electron chi connectivity index (χ4n) is 2.63. The first-order chi connectivity index (χ1) is 9.13. The number of β-amino-alcohol motifs (C(OH)–C–C–N with tert-alkyl or cyclic N) is 1. The van der Waals surface area contributed by atoms with E-state index in [1.807, 2.05) is 24.3 Å². The van der Waals surface area contributed by atoms with Crippen molar-refractivity contribution in [2.45, 2.75) is 32.8 Å². The van der Waals surface area contributed by atoms with Gasteiger partial charge in [0.25, 0.3) is 0 Å². The van der Waals surface area contributed by atoms with E-state index in [0.717, 1.165) is 31.3 Å². The third-order valence-electron chi connectivity index (χ3n) is 3.67. The lowest BCUT2D eigenvalue weighted by Crippen LogP contribution is -2.41. The summed E-state index contributed by atoms with van der Waals surface area (Å²) in [5, 5.41) is 10.0. The number of aliphatic hydroxyl groups is 1. The molecule has 1 heterocycles. The van der Waals surface area contributed by atoms with Crippen LogP contribution in [0.5, 0.6) is 5.75 Å². The molecular formula is C16H25NO2. The van der Waals surface area contributed by atoms with Crippen LogP contribution in [-0.2, 0) is 0 Å². The fourth-order valence-corrected chi connectivity index (χ4v) is 2.63. The molecule has 0 unspecified atom stereocenters. The summed E-state index contributed by atoms with van der Waals surface area (Å²) in [5.74, 6) is 1.58. The zero-order valence-corrected chi connectivity index (χ0v) is 12.0. The number of aliphatic hydroxyl groups excluding tert-OH is 1. The van der Waals surface area contributed by atoms with Crippen molar-refractivity contribution < 1.29 is 9.84 Å². The third-order valence-corrected chi connectivity index (χ3v) is 3.67. The zero-order valence-electron chi connectivity index (χ0n) is 12.0. The highest BCUT2D eigenvalue weighted by Crippen LogP contribution is 2.16. The van der Waals surface area contributed by atoms with Crippen LogP contribution in [0.3, 0.4) is 0 Å². The van der Waals surface area contributed by atoms with Crippen molar-refractivity contribution in [1.82, 2.24) is 4.90 Å². The monoisotopic (exact) mass is 263 g/mol. The number of piperidine rings is 1. The first-order valence-corrected chi connectivity index (χ1v) is 7.23. The van der Waals surface area contributed by atoms with Crippen molar-refractivity contribution in [1.29, 1.82) is 0 Å². The number of likely N-dealkylation sites (tertiary alicyclic amines) is 1. The minimum atomic E-state index is -0.411. The molecule has 2 rings (SSSR count). The molecule has 0 bridgehead atoms. The Balaban J connectivity index is 1.72. The van der Waals surface area contributed by atoms with E-state index in [-0.39, 0.29) is 0 Å². The minimum Gasteiger partial charge on any atom is -0.491 e. The molecule has 19 heavy (non-hydrogen) atoms. The van der Waals surface area contributed by atoms with E-state index in [2.05, 4.69) is 18.7 Å². The van der Waals surface area contributed by atoms with Gasteiger partial charge in [0.05, 0.1) is 0 Å². The van der Waals surface area contributed by atoms with Crippen LogP contribution in [0.1, 0.15) is 25.3 Å². The lowest BCUT2D eigenvalue weighted by Gasteiger charge is -2.32. The summed E-state index contributed by atoms with van der Waals surface area (Å²) >= 11 is 0. The van der Waals surface area contributed by atoms with E-state index < -0.39 is 6.10 Å². The number of benzene rings is 1. The predicted molar refractivity (Wildman–Crippen MR) is 77.5 cm³/mol. The van der Waals surface area contributed by atoms with Crippen molar-refractivity contribution >= 4 is 0 Å². The van der Waals surface area contributed by atoms with E-state index in [0.29, 0.717) is 6.61 Å². The van der Waals surface area contributed by atoms with Gasteiger partial charge in [0.15, 0.2) is 0 Å². The molecule has 0 saturated carbocycles. The molecule has 1 aliphatic heterocycles. The fraction of sp³-hybridized carbons (Fsp3) is 0.625. The molecule has 2 atom stereocenters. The second-order valence-corrected chi connectivity index (χ2v) is 5.78. The van der Waals surface area contributed by atoms with Crippen LogP contribution in [0.25, 0.3) is 0 Å². The number of rotatable bonds is 5. The SMILES string of the molecule is Cc1ccc(OC[C@@H](O)CN2CCC[C@@H](C)C2)cc1. The normalized spacial score (nSPS) is 22.2. The van der Waals surface area contributed by atoms with Crippen LogP contribution in [0, 0.1) is 12.8 Å².